The van der Waals surface area contributed by atoms with Gasteiger partial charge in [-0.3, -0.25) is 10.3 Å². The van der Waals surface area contributed by atoms with E-state index >= 15 is 0 Å². The molecule has 0 bridgehead atoms. The number of rotatable bonds is 3. The first-order valence-corrected chi connectivity index (χ1v) is 9.07. The van der Waals surface area contributed by atoms with Gasteiger partial charge in [0.05, 0.1) is 11.3 Å². The van der Waals surface area contributed by atoms with Gasteiger partial charge in [0.25, 0.3) is 0 Å². The Morgan fingerprint density at radius 2 is 1.73 bits per heavy atom. The van der Waals surface area contributed by atoms with Crippen LogP contribution in [0.2, 0.25) is 0 Å². The van der Waals surface area contributed by atoms with Crippen molar-refractivity contribution in [2.75, 3.05) is 23.4 Å². The zero-order chi connectivity index (χ0) is 21.3. The molecule has 1 aliphatic rings. The highest BCUT2D eigenvalue weighted by Gasteiger charge is 2.32. The predicted molar refractivity (Wildman–Crippen MR) is 101 cm³/mol. The number of benzene rings is 2. The molecule has 10 heteroatoms. The highest BCUT2D eigenvalue weighted by Crippen LogP contribution is 2.32. The number of hydrogen-bond donors (Lipinski definition) is 1. The van der Waals surface area contributed by atoms with E-state index in [0.717, 1.165) is 12.1 Å². The van der Waals surface area contributed by atoms with Crippen molar-refractivity contribution < 1.29 is 26.9 Å². The van der Waals surface area contributed by atoms with Crippen LogP contribution in [0.1, 0.15) is 12.0 Å². The van der Waals surface area contributed by atoms with Crippen LogP contribution in [0.25, 0.3) is 11.3 Å². The minimum absolute atomic E-state index is 0.0959. The minimum Gasteiger partial charge on any atom is -0.338 e. The van der Waals surface area contributed by atoms with Gasteiger partial charge in [-0.25, -0.2) is 14.2 Å². The average Bonchev–Trinajstić information content (AvgIpc) is 3.38. The molecule has 2 heterocycles. The maximum absolute atomic E-state index is 13.0. The second-order valence-corrected chi connectivity index (χ2v) is 6.66. The Kier molecular flexibility index (Phi) is 5.06. The van der Waals surface area contributed by atoms with Crippen molar-refractivity contribution in [1.82, 2.24) is 10.2 Å². The number of urea groups is 1. The summed E-state index contributed by atoms with van der Waals surface area (Å²) in [5, 5.41) is 9.43. The van der Waals surface area contributed by atoms with Crippen LogP contribution < -0.4 is 10.3 Å². The van der Waals surface area contributed by atoms with Gasteiger partial charge >= 0.3 is 12.2 Å². The molecule has 1 fully saturated rings. The molecule has 30 heavy (non-hydrogen) atoms. The highest BCUT2D eigenvalue weighted by molar-refractivity contribution is 5.89. The largest absolute Gasteiger partial charge is 0.416 e. The lowest BCUT2D eigenvalue weighted by atomic mass is 10.1. The number of carbonyl (C=O) groups is 1. The molecule has 3 aromatic rings. The molecular weight excluding hydrogens is 404 g/mol. The zero-order valence-corrected chi connectivity index (χ0v) is 15.5. The number of amides is 2. The third kappa shape index (κ3) is 4.07. The second kappa shape index (κ2) is 7.69. The zero-order valence-electron chi connectivity index (χ0n) is 15.5. The quantitative estimate of drug-likeness (QED) is 0.595. The number of alkyl halides is 3. The van der Waals surface area contributed by atoms with Crippen molar-refractivity contribution >= 4 is 17.6 Å². The maximum Gasteiger partial charge on any atom is 0.416 e. The van der Waals surface area contributed by atoms with E-state index in [1.54, 1.807) is 5.01 Å². The first-order valence-electron chi connectivity index (χ1n) is 9.07. The van der Waals surface area contributed by atoms with Crippen LogP contribution in [0.15, 0.2) is 59.1 Å². The fourth-order valence-corrected chi connectivity index (χ4v) is 3.17. The lowest BCUT2D eigenvalue weighted by Gasteiger charge is -2.29. The predicted octanol–water partition coefficient (Wildman–Crippen LogP) is 5.16. The molecule has 0 aliphatic carbocycles. The smallest absolute Gasteiger partial charge is 0.338 e. The topological polar surface area (TPSA) is 61.6 Å². The van der Waals surface area contributed by atoms with E-state index in [1.807, 2.05) is 0 Å². The van der Waals surface area contributed by atoms with Crippen molar-refractivity contribution in [1.29, 1.82) is 0 Å². The Morgan fingerprint density at radius 3 is 2.40 bits per heavy atom. The van der Waals surface area contributed by atoms with Gasteiger partial charge in [0.15, 0.2) is 0 Å². The Morgan fingerprint density at radius 1 is 1.03 bits per heavy atom. The summed E-state index contributed by atoms with van der Waals surface area (Å²) in [5.41, 5.74) is 0.760. The summed E-state index contributed by atoms with van der Waals surface area (Å²) >= 11 is 0. The van der Waals surface area contributed by atoms with E-state index in [4.69, 9.17) is 4.52 Å². The molecule has 4 rings (SSSR count). The third-order valence-electron chi connectivity index (χ3n) is 4.64. The Balaban J connectivity index is 1.46. The average molecular weight is 420 g/mol. The normalized spacial score (nSPS) is 14.3. The minimum atomic E-state index is -4.42. The van der Waals surface area contributed by atoms with E-state index in [-0.39, 0.29) is 11.7 Å². The van der Waals surface area contributed by atoms with Gasteiger partial charge < -0.3 is 4.52 Å². The summed E-state index contributed by atoms with van der Waals surface area (Å²) in [4.78, 5) is 12.7. The van der Waals surface area contributed by atoms with Gasteiger partial charge in [-0.05, 0) is 55.0 Å². The lowest BCUT2D eigenvalue weighted by Crippen LogP contribution is -2.43. The van der Waals surface area contributed by atoms with E-state index in [1.165, 1.54) is 47.5 Å². The van der Waals surface area contributed by atoms with Gasteiger partial charge in [0, 0.05) is 24.7 Å². The molecule has 1 saturated heterocycles. The van der Waals surface area contributed by atoms with Crippen LogP contribution in [-0.4, -0.2) is 29.3 Å². The van der Waals surface area contributed by atoms with Crippen molar-refractivity contribution in [3.63, 3.8) is 0 Å². The van der Waals surface area contributed by atoms with Crippen molar-refractivity contribution in [2.24, 2.45) is 0 Å². The van der Waals surface area contributed by atoms with Gasteiger partial charge in [-0.15, -0.1) is 0 Å². The lowest BCUT2D eigenvalue weighted by molar-refractivity contribution is -0.137. The van der Waals surface area contributed by atoms with Crippen molar-refractivity contribution in [3.05, 3.63) is 66.0 Å². The number of halogens is 4. The number of aromatic nitrogens is 1. The standard InChI is InChI=1S/C20H16F4N4O2/c21-15-6-2-13(3-7-15)17-12-18(30-26-17)25-19(29)28-11-1-10-27(28)16-8-4-14(5-9-16)20(22,23)24/h2-9,12H,1,10-11H2,(H,25,29). The summed E-state index contributed by atoms with van der Waals surface area (Å²) < 4.78 is 56.5. The molecular formula is C20H16F4N4O2. The highest BCUT2D eigenvalue weighted by atomic mass is 19.4. The summed E-state index contributed by atoms with van der Waals surface area (Å²) in [6, 6.07) is 11.3. The van der Waals surface area contributed by atoms with Gasteiger partial charge in [0.2, 0.25) is 5.88 Å². The Bertz CT molecular complexity index is 1030. The maximum atomic E-state index is 13.0. The molecule has 1 aliphatic heterocycles. The molecule has 0 spiro atoms. The number of carbonyl (C=O) groups excluding carboxylic acids is 1. The van der Waals surface area contributed by atoms with Crippen LogP contribution in [0.3, 0.4) is 0 Å². The fourth-order valence-electron chi connectivity index (χ4n) is 3.17. The molecule has 2 amide bonds. The van der Waals surface area contributed by atoms with Crippen LogP contribution >= 0.6 is 0 Å². The molecule has 0 saturated carbocycles. The molecule has 0 unspecified atom stereocenters. The van der Waals surface area contributed by atoms with Gasteiger partial charge in [0.1, 0.15) is 11.5 Å². The molecule has 1 N–H and O–H groups in total. The first kappa shape index (κ1) is 19.7. The molecule has 2 aromatic carbocycles. The Labute approximate surface area is 168 Å². The molecule has 0 radical (unpaired) electrons. The third-order valence-corrected chi connectivity index (χ3v) is 4.64. The number of nitrogens with zero attached hydrogens (tertiary/aromatic N) is 3. The van der Waals surface area contributed by atoms with Crippen molar-refractivity contribution in [3.8, 4) is 11.3 Å². The molecule has 6 nitrogen and oxygen atoms in total. The molecule has 156 valence electrons. The number of anilines is 2. The Hall–Kier alpha value is -3.56. The SMILES string of the molecule is O=C(Nc1cc(-c2ccc(F)cc2)no1)N1CCCN1c1ccc(C(F)(F)F)cc1. The van der Waals surface area contributed by atoms with Crippen LogP contribution in [-0.2, 0) is 6.18 Å². The number of nitrogens with one attached hydrogen (secondary N) is 1. The van der Waals surface area contributed by atoms with Crippen LogP contribution in [0, 0.1) is 5.82 Å². The molecule has 1 aromatic heterocycles. The summed E-state index contributed by atoms with van der Waals surface area (Å²) in [7, 11) is 0. The van der Waals surface area contributed by atoms with Gasteiger partial charge in [-0.1, -0.05) is 5.16 Å². The van der Waals surface area contributed by atoms with E-state index in [2.05, 4.69) is 10.5 Å². The summed E-state index contributed by atoms with van der Waals surface area (Å²) in [6.07, 6.45) is -3.76. The van der Waals surface area contributed by atoms with E-state index in [9.17, 15) is 22.4 Å². The van der Waals surface area contributed by atoms with E-state index in [0.29, 0.717) is 36.5 Å². The second-order valence-electron chi connectivity index (χ2n) is 6.66. The summed E-state index contributed by atoms with van der Waals surface area (Å²) in [5.74, 6) is -0.285. The first-order chi connectivity index (χ1) is 14.3. The molecule has 0 atom stereocenters. The van der Waals surface area contributed by atoms with E-state index < -0.39 is 17.8 Å². The fraction of sp³-hybridized carbons (Fsp3) is 0.200. The van der Waals surface area contributed by atoms with Crippen LogP contribution in [0.5, 0.6) is 0 Å². The van der Waals surface area contributed by atoms with Crippen LogP contribution in [0.4, 0.5) is 33.9 Å². The number of hydrazine groups is 1. The van der Waals surface area contributed by atoms with Crippen molar-refractivity contribution in [2.45, 2.75) is 12.6 Å². The van der Waals surface area contributed by atoms with Gasteiger partial charge in [-0.2, -0.15) is 13.2 Å². The monoisotopic (exact) mass is 420 g/mol. The number of hydrogen-bond acceptors (Lipinski definition) is 4. The summed E-state index contributed by atoms with van der Waals surface area (Å²) in [6.45, 7) is 0.877.